The molecule has 0 aliphatic rings. The van der Waals surface area contributed by atoms with Crippen molar-refractivity contribution in [2.75, 3.05) is 25.1 Å². The van der Waals surface area contributed by atoms with Crippen molar-refractivity contribution in [3.63, 3.8) is 0 Å². The Morgan fingerprint density at radius 1 is 1.44 bits per heavy atom. The Bertz CT molecular complexity index is 340. The van der Waals surface area contributed by atoms with Crippen molar-refractivity contribution in [3.8, 4) is 0 Å². The largest absolute Gasteiger partial charge is 0.381 e. The van der Waals surface area contributed by atoms with Crippen LogP contribution in [0.15, 0.2) is 11.0 Å². The summed E-state index contributed by atoms with van der Waals surface area (Å²) in [7, 11) is 0. The number of unbranched alkanes of at least 4 members (excludes halogenated alkanes) is 1. The number of hydrogen-bond acceptors (Lipinski definition) is 5. The second-order valence-electron chi connectivity index (χ2n) is 3.43. The highest BCUT2D eigenvalue weighted by atomic mass is 16.5. The third-order valence-corrected chi connectivity index (χ3v) is 1.97. The van der Waals surface area contributed by atoms with Crippen LogP contribution >= 0.6 is 0 Å². The van der Waals surface area contributed by atoms with E-state index >= 15 is 0 Å². The molecule has 2 N–H and O–H groups in total. The van der Waals surface area contributed by atoms with Crippen LogP contribution in [0.5, 0.6) is 0 Å². The number of ether oxygens (including phenoxy) is 1. The number of H-pyrrole nitrogens is 1. The highest BCUT2D eigenvalue weighted by Crippen LogP contribution is 1.92. The molecule has 0 bridgehead atoms. The fourth-order valence-corrected chi connectivity index (χ4v) is 1.12. The molecule has 0 fully saturated rings. The van der Waals surface area contributed by atoms with Gasteiger partial charge in [-0.15, -0.1) is 10.2 Å². The van der Waals surface area contributed by atoms with Crippen molar-refractivity contribution < 1.29 is 4.74 Å². The molecule has 6 heteroatoms. The Kier molecular flexibility index (Phi) is 6.17. The van der Waals surface area contributed by atoms with Gasteiger partial charge < -0.3 is 10.1 Å². The van der Waals surface area contributed by atoms with E-state index in [0.29, 0.717) is 12.5 Å². The predicted octanol–water partition coefficient (Wildman–Crippen LogP) is 0.784. The van der Waals surface area contributed by atoms with Crippen LogP contribution in [0.2, 0.25) is 0 Å². The van der Waals surface area contributed by atoms with E-state index in [-0.39, 0.29) is 5.56 Å². The van der Waals surface area contributed by atoms with E-state index in [1.54, 1.807) is 0 Å². The van der Waals surface area contributed by atoms with Crippen molar-refractivity contribution in [3.05, 3.63) is 16.6 Å². The minimum Gasteiger partial charge on any atom is -0.381 e. The number of nitrogens with one attached hydrogen (secondary N) is 2. The molecular formula is C10H18N4O2. The zero-order valence-corrected chi connectivity index (χ0v) is 9.53. The molecule has 0 unspecified atom stereocenters. The maximum absolute atomic E-state index is 10.9. The summed E-state index contributed by atoms with van der Waals surface area (Å²) in [6.07, 6.45) is 4.27. The summed E-state index contributed by atoms with van der Waals surface area (Å²) in [6, 6.07) is 0. The van der Waals surface area contributed by atoms with Crippen molar-refractivity contribution >= 4 is 5.95 Å². The molecule has 1 aromatic heterocycles. The number of aromatic amines is 1. The average molecular weight is 226 g/mol. The van der Waals surface area contributed by atoms with E-state index in [2.05, 4.69) is 27.4 Å². The molecule has 90 valence electrons. The molecule has 1 rings (SSSR count). The maximum atomic E-state index is 10.9. The highest BCUT2D eigenvalue weighted by Gasteiger charge is 1.94. The van der Waals surface area contributed by atoms with Gasteiger partial charge in [0.05, 0.1) is 0 Å². The summed E-state index contributed by atoms with van der Waals surface area (Å²) < 4.78 is 5.39. The summed E-state index contributed by atoms with van der Waals surface area (Å²) >= 11 is 0. The van der Waals surface area contributed by atoms with Crippen LogP contribution in [0.1, 0.15) is 26.2 Å². The molecule has 0 saturated carbocycles. The third-order valence-electron chi connectivity index (χ3n) is 1.97. The normalized spacial score (nSPS) is 10.3. The van der Waals surface area contributed by atoms with Gasteiger partial charge in [0.15, 0.2) is 0 Å². The summed E-state index contributed by atoms with van der Waals surface area (Å²) in [5.41, 5.74) is -0.253. The first-order valence-electron chi connectivity index (χ1n) is 5.56. The summed E-state index contributed by atoms with van der Waals surface area (Å²) in [6.45, 7) is 4.38. The fourth-order valence-electron chi connectivity index (χ4n) is 1.12. The first kappa shape index (κ1) is 12.6. The molecule has 0 atom stereocenters. The zero-order valence-electron chi connectivity index (χ0n) is 9.53. The molecular weight excluding hydrogens is 208 g/mol. The Labute approximate surface area is 94.4 Å². The van der Waals surface area contributed by atoms with Crippen molar-refractivity contribution in [2.45, 2.75) is 26.2 Å². The summed E-state index contributed by atoms with van der Waals surface area (Å²) in [5, 5.41) is 10.2. The Balaban J connectivity index is 2.05. The number of rotatable bonds is 8. The number of anilines is 1. The Hall–Kier alpha value is -1.43. The average Bonchev–Trinajstić information content (AvgIpc) is 2.28. The Morgan fingerprint density at radius 3 is 3.00 bits per heavy atom. The zero-order chi connectivity index (χ0) is 11.6. The SMILES string of the molecule is CCCCOCCCNc1nncc(=O)[nH]1. The topological polar surface area (TPSA) is 79.9 Å². The molecule has 6 nitrogen and oxygen atoms in total. The molecule has 1 aromatic rings. The van der Waals surface area contributed by atoms with Crippen LogP contribution in [-0.4, -0.2) is 34.9 Å². The minimum atomic E-state index is -0.253. The molecule has 0 amide bonds. The van der Waals surface area contributed by atoms with Gasteiger partial charge >= 0.3 is 0 Å². The summed E-state index contributed by atoms with van der Waals surface area (Å²) in [5.74, 6) is 0.404. The lowest BCUT2D eigenvalue weighted by Crippen LogP contribution is -2.14. The number of hydrogen-bond donors (Lipinski definition) is 2. The monoisotopic (exact) mass is 226 g/mol. The van der Waals surface area contributed by atoms with E-state index in [1.807, 2.05) is 0 Å². The van der Waals surface area contributed by atoms with Gasteiger partial charge in [-0.3, -0.25) is 9.78 Å². The van der Waals surface area contributed by atoms with Gasteiger partial charge in [-0.05, 0) is 12.8 Å². The second-order valence-corrected chi connectivity index (χ2v) is 3.43. The quantitative estimate of drug-likeness (QED) is 0.640. The van der Waals surface area contributed by atoms with Crippen LogP contribution in [0.25, 0.3) is 0 Å². The molecule has 16 heavy (non-hydrogen) atoms. The van der Waals surface area contributed by atoms with Gasteiger partial charge in [0, 0.05) is 19.8 Å². The van der Waals surface area contributed by atoms with Gasteiger partial charge in [-0.25, -0.2) is 0 Å². The van der Waals surface area contributed by atoms with Crippen LogP contribution in [0.3, 0.4) is 0 Å². The number of aromatic nitrogens is 3. The molecule has 0 aliphatic heterocycles. The van der Waals surface area contributed by atoms with Gasteiger partial charge in [-0.2, -0.15) is 0 Å². The van der Waals surface area contributed by atoms with Gasteiger partial charge in [-0.1, -0.05) is 13.3 Å². The maximum Gasteiger partial charge on any atom is 0.271 e. The van der Waals surface area contributed by atoms with E-state index in [0.717, 1.165) is 38.7 Å². The smallest absolute Gasteiger partial charge is 0.271 e. The standard InChI is InChI=1S/C10H18N4O2/c1-2-3-6-16-7-4-5-11-10-13-9(15)8-12-14-10/h8H,2-7H2,1H3,(H2,11,13,14,15). The highest BCUT2D eigenvalue weighted by molar-refractivity contribution is 5.19. The van der Waals surface area contributed by atoms with E-state index in [4.69, 9.17) is 4.74 Å². The molecule has 0 aromatic carbocycles. The first-order valence-corrected chi connectivity index (χ1v) is 5.56. The lowest BCUT2D eigenvalue weighted by atomic mass is 10.4. The first-order chi connectivity index (χ1) is 7.83. The fraction of sp³-hybridized carbons (Fsp3) is 0.700. The van der Waals surface area contributed by atoms with E-state index in [1.165, 1.54) is 0 Å². The van der Waals surface area contributed by atoms with Gasteiger partial charge in [0.1, 0.15) is 6.20 Å². The van der Waals surface area contributed by atoms with E-state index in [9.17, 15) is 4.79 Å². The van der Waals surface area contributed by atoms with E-state index < -0.39 is 0 Å². The van der Waals surface area contributed by atoms with Gasteiger partial charge in [0.25, 0.3) is 5.56 Å². The molecule has 0 aliphatic carbocycles. The molecule has 1 heterocycles. The van der Waals surface area contributed by atoms with Crippen molar-refractivity contribution in [1.82, 2.24) is 15.2 Å². The number of nitrogens with zero attached hydrogens (tertiary/aromatic N) is 2. The van der Waals surface area contributed by atoms with Crippen LogP contribution in [0, 0.1) is 0 Å². The van der Waals surface area contributed by atoms with Crippen LogP contribution in [0.4, 0.5) is 5.95 Å². The lowest BCUT2D eigenvalue weighted by Gasteiger charge is -2.04. The third kappa shape index (κ3) is 5.45. The molecule has 0 spiro atoms. The van der Waals surface area contributed by atoms with Crippen molar-refractivity contribution in [1.29, 1.82) is 0 Å². The van der Waals surface area contributed by atoms with Crippen LogP contribution in [-0.2, 0) is 4.74 Å². The molecule has 0 radical (unpaired) electrons. The van der Waals surface area contributed by atoms with Crippen LogP contribution < -0.4 is 10.9 Å². The predicted molar refractivity (Wildman–Crippen MR) is 61.5 cm³/mol. The van der Waals surface area contributed by atoms with Gasteiger partial charge in [0.2, 0.25) is 5.95 Å². The second kappa shape index (κ2) is 7.81. The molecule has 0 saturated heterocycles. The van der Waals surface area contributed by atoms with Crippen molar-refractivity contribution in [2.24, 2.45) is 0 Å². The Morgan fingerprint density at radius 2 is 2.25 bits per heavy atom. The minimum absolute atomic E-state index is 0.253. The summed E-state index contributed by atoms with van der Waals surface area (Å²) in [4.78, 5) is 13.4. The lowest BCUT2D eigenvalue weighted by molar-refractivity contribution is 0.131.